The lowest BCUT2D eigenvalue weighted by atomic mass is 10.3. The number of halogens is 2. The van der Waals surface area contributed by atoms with E-state index >= 15 is 0 Å². The minimum Gasteiger partial charge on any atom is -0.439 e. The first-order valence-corrected chi connectivity index (χ1v) is 10.8. The van der Waals surface area contributed by atoms with Crippen molar-refractivity contribution in [1.29, 1.82) is 0 Å². The molecule has 0 saturated carbocycles. The molecule has 9 heteroatoms. The van der Waals surface area contributed by atoms with Crippen LogP contribution in [0.2, 0.25) is 5.02 Å². The lowest BCUT2D eigenvalue weighted by molar-refractivity contribution is -0.130. The third-order valence-electron chi connectivity index (χ3n) is 4.82. The SMILES string of the molecule is O=C(Cc1cccs1)N1CCCN(c2cc(Oc3ccc(F)c(Cl)c3)ncn2)CC1. The number of rotatable bonds is 5. The van der Waals surface area contributed by atoms with Crippen molar-refractivity contribution in [3.63, 3.8) is 0 Å². The van der Waals surface area contributed by atoms with Crippen LogP contribution in [0.15, 0.2) is 48.1 Å². The average molecular weight is 447 g/mol. The first-order valence-electron chi connectivity index (χ1n) is 9.58. The molecular weight excluding hydrogens is 427 g/mol. The first-order chi connectivity index (χ1) is 14.6. The molecule has 30 heavy (non-hydrogen) atoms. The third-order valence-corrected chi connectivity index (χ3v) is 5.99. The van der Waals surface area contributed by atoms with Crippen molar-refractivity contribution in [2.24, 2.45) is 0 Å². The number of nitrogens with zero attached hydrogens (tertiary/aromatic N) is 4. The highest BCUT2D eigenvalue weighted by Crippen LogP contribution is 2.26. The zero-order valence-corrected chi connectivity index (χ0v) is 17.7. The molecule has 2 aromatic heterocycles. The molecule has 0 N–H and O–H groups in total. The van der Waals surface area contributed by atoms with Crippen molar-refractivity contribution in [3.05, 3.63) is 63.8 Å². The molecule has 0 radical (unpaired) electrons. The van der Waals surface area contributed by atoms with Crippen LogP contribution in [-0.4, -0.2) is 47.0 Å². The van der Waals surface area contributed by atoms with Crippen molar-refractivity contribution in [3.8, 4) is 11.6 Å². The van der Waals surface area contributed by atoms with Gasteiger partial charge in [-0.15, -0.1) is 11.3 Å². The van der Waals surface area contributed by atoms with Gasteiger partial charge in [-0.05, 0) is 30.0 Å². The van der Waals surface area contributed by atoms with Gasteiger partial charge in [0.25, 0.3) is 0 Å². The number of thiophene rings is 1. The Morgan fingerprint density at radius 3 is 2.87 bits per heavy atom. The molecule has 1 aromatic carbocycles. The Labute approximate surface area is 182 Å². The molecule has 4 rings (SSSR count). The lowest BCUT2D eigenvalue weighted by Crippen LogP contribution is -2.36. The standard InChI is InChI=1S/C21H20ClFN4O2S/c22-17-11-15(4-5-18(17)23)29-20-13-19(24-14-25-20)26-6-2-7-27(9-8-26)21(28)12-16-3-1-10-30-16/h1,3-5,10-11,13-14H,2,6-9,12H2. The summed E-state index contributed by atoms with van der Waals surface area (Å²) in [5.74, 6) is 1.11. The average Bonchev–Trinajstić information content (AvgIpc) is 3.12. The molecule has 1 aliphatic rings. The van der Waals surface area contributed by atoms with Crippen LogP contribution < -0.4 is 9.64 Å². The van der Waals surface area contributed by atoms with E-state index in [1.807, 2.05) is 22.4 Å². The van der Waals surface area contributed by atoms with Crippen LogP contribution in [0.3, 0.4) is 0 Å². The number of carbonyl (C=O) groups excluding carboxylic acids is 1. The molecule has 1 aliphatic heterocycles. The number of hydrogen-bond acceptors (Lipinski definition) is 6. The first kappa shape index (κ1) is 20.6. The molecule has 3 aromatic rings. The van der Waals surface area contributed by atoms with Gasteiger partial charge in [0.15, 0.2) is 0 Å². The van der Waals surface area contributed by atoms with E-state index in [9.17, 15) is 9.18 Å². The molecule has 0 aliphatic carbocycles. The number of hydrogen-bond donors (Lipinski definition) is 0. The second-order valence-electron chi connectivity index (χ2n) is 6.87. The van der Waals surface area contributed by atoms with Gasteiger partial charge < -0.3 is 14.5 Å². The van der Waals surface area contributed by atoms with Crippen LogP contribution in [0, 0.1) is 5.82 Å². The van der Waals surface area contributed by atoms with E-state index in [4.69, 9.17) is 16.3 Å². The summed E-state index contributed by atoms with van der Waals surface area (Å²) < 4.78 is 19.0. The van der Waals surface area contributed by atoms with Crippen molar-refractivity contribution in [1.82, 2.24) is 14.9 Å². The topological polar surface area (TPSA) is 58.6 Å². The molecule has 1 fully saturated rings. The monoisotopic (exact) mass is 446 g/mol. The van der Waals surface area contributed by atoms with Gasteiger partial charge in [0.1, 0.15) is 23.7 Å². The highest BCUT2D eigenvalue weighted by Gasteiger charge is 2.21. The Balaban J connectivity index is 1.40. The van der Waals surface area contributed by atoms with E-state index in [0.29, 0.717) is 31.1 Å². The van der Waals surface area contributed by atoms with Crippen LogP contribution in [0.1, 0.15) is 11.3 Å². The van der Waals surface area contributed by atoms with Crippen LogP contribution in [0.25, 0.3) is 0 Å². The number of ether oxygens (including phenoxy) is 1. The summed E-state index contributed by atoms with van der Waals surface area (Å²) in [6.07, 6.45) is 2.73. The van der Waals surface area contributed by atoms with Gasteiger partial charge in [-0.1, -0.05) is 17.7 Å². The van der Waals surface area contributed by atoms with Crippen molar-refractivity contribution in [2.45, 2.75) is 12.8 Å². The minimum absolute atomic E-state index is 0.0124. The summed E-state index contributed by atoms with van der Waals surface area (Å²) in [6.45, 7) is 2.82. The fourth-order valence-electron chi connectivity index (χ4n) is 3.29. The van der Waals surface area contributed by atoms with Gasteiger partial charge in [0, 0.05) is 43.2 Å². The number of amides is 1. The predicted molar refractivity (Wildman–Crippen MR) is 115 cm³/mol. The van der Waals surface area contributed by atoms with Gasteiger partial charge in [-0.25, -0.2) is 14.4 Å². The molecule has 1 saturated heterocycles. The summed E-state index contributed by atoms with van der Waals surface area (Å²) in [5, 5.41) is 1.98. The van der Waals surface area contributed by atoms with E-state index in [2.05, 4.69) is 14.9 Å². The molecule has 1 amide bonds. The van der Waals surface area contributed by atoms with Crippen molar-refractivity contribution >= 4 is 34.7 Å². The molecule has 3 heterocycles. The predicted octanol–water partition coefficient (Wildman–Crippen LogP) is 4.40. The summed E-state index contributed by atoms with van der Waals surface area (Å²) >= 11 is 7.41. The Morgan fingerprint density at radius 2 is 2.07 bits per heavy atom. The van der Waals surface area contributed by atoms with Gasteiger partial charge in [0.05, 0.1) is 11.4 Å². The summed E-state index contributed by atoms with van der Waals surface area (Å²) in [7, 11) is 0. The molecule has 0 atom stereocenters. The zero-order valence-electron chi connectivity index (χ0n) is 16.1. The maximum Gasteiger partial charge on any atom is 0.227 e. The van der Waals surface area contributed by atoms with E-state index < -0.39 is 5.82 Å². The fraction of sp³-hybridized carbons (Fsp3) is 0.286. The van der Waals surface area contributed by atoms with E-state index in [1.165, 1.54) is 24.5 Å². The van der Waals surface area contributed by atoms with Crippen LogP contribution in [-0.2, 0) is 11.2 Å². The summed E-state index contributed by atoms with van der Waals surface area (Å²) in [4.78, 5) is 26.2. The Hall–Kier alpha value is -2.71. The highest BCUT2D eigenvalue weighted by molar-refractivity contribution is 7.10. The maximum atomic E-state index is 13.3. The molecule has 0 unspecified atom stereocenters. The molecule has 156 valence electrons. The van der Waals surface area contributed by atoms with Crippen molar-refractivity contribution < 1.29 is 13.9 Å². The van der Waals surface area contributed by atoms with Crippen LogP contribution in [0.5, 0.6) is 11.6 Å². The molecular formula is C21H20ClFN4O2S. The number of carbonyl (C=O) groups is 1. The van der Waals surface area contributed by atoms with Crippen LogP contribution in [0.4, 0.5) is 10.2 Å². The smallest absolute Gasteiger partial charge is 0.227 e. The summed E-state index contributed by atoms with van der Waals surface area (Å²) in [6, 6.07) is 9.83. The Morgan fingerprint density at radius 1 is 1.17 bits per heavy atom. The van der Waals surface area contributed by atoms with E-state index in [0.717, 1.165) is 30.2 Å². The third kappa shape index (κ3) is 5.06. The summed E-state index contributed by atoms with van der Waals surface area (Å²) in [5.41, 5.74) is 0. The molecule has 0 spiro atoms. The van der Waals surface area contributed by atoms with E-state index in [1.54, 1.807) is 17.4 Å². The normalized spacial score (nSPS) is 14.5. The zero-order chi connectivity index (χ0) is 20.9. The minimum atomic E-state index is -0.505. The van der Waals surface area contributed by atoms with Crippen LogP contribution >= 0.6 is 22.9 Å². The Bertz CT molecular complexity index is 1020. The number of aromatic nitrogens is 2. The van der Waals surface area contributed by atoms with Gasteiger partial charge in [-0.2, -0.15) is 0 Å². The molecule has 6 nitrogen and oxygen atoms in total. The highest BCUT2D eigenvalue weighted by atomic mass is 35.5. The Kier molecular flexibility index (Phi) is 6.44. The lowest BCUT2D eigenvalue weighted by Gasteiger charge is -2.23. The fourth-order valence-corrected chi connectivity index (χ4v) is 4.16. The number of benzene rings is 1. The van der Waals surface area contributed by atoms with Gasteiger partial charge in [0.2, 0.25) is 11.8 Å². The van der Waals surface area contributed by atoms with Crippen molar-refractivity contribution in [2.75, 3.05) is 31.1 Å². The van der Waals surface area contributed by atoms with Gasteiger partial charge in [-0.3, -0.25) is 4.79 Å². The number of anilines is 1. The second-order valence-corrected chi connectivity index (χ2v) is 8.31. The quantitative estimate of drug-likeness (QED) is 0.581. The van der Waals surface area contributed by atoms with Gasteiger partial charge >= 0.3 is 0 Å². The molecule has 0 bridgehead atoms. The largest absolute Gasteiger partial charge is 0.439 e. The second kappa shape index (κ2) is 9.40. The van der Waals surface area contributed by atoms with E-state index in [-0.39, 0.29) is 10.9 Å². The maximum absolute atomic E-state index is 13.3.